The van der Waals surface area contributed by atoms with Crippen molar-refractivity contribution < 1.29 is 14.0 Å². The van der Waals surface area contributed by atoms with Gasteiger partial charge in [-0.3, -0.25) is 9.59 Å². The van der Waals surface area contributed by atoms with Crippen LogP contribution in [0.3, 0.4) is 0 Å². The van der Waals surface area contributed by atoms with Crippen molar-refractivity contribution in [3.8, 4) is 0 Å². The molecule has 1 aliphatic rings. The highest BCUT2D eigenvalue weighted by atomic mass is 35.5. The van der Waals surface area contributed by atoms with Gasteiger partial charge in [-0.25, -0.2) is 4.39 Å². The Morgan fingerprint density at radius 3 is 2.80 bits per heavy atom. The van der Waals surface area contributed by atoms with E-state index in [1.807, 2.05) is 31.2 Å². The van der Waals surface area contributed by atoms with Crippen molar-refractivity contribution >= 4 is 23.4 Å². The molecule has 0 fully saturated rings. The quantitative estimate of drug-likeness (QED) is 0.910. The Kier molecular flexibility index (Phi) is 5.04. The molecule has 0 spiro atoms. The summed E-state index contributed by atoms with van der Waals surface area (Å²) >= 11 is 6.00. The third-order valence-electron chi connectivity index (χ3n) is 4.38. The number of rotatable bonds is 4. The molecule has 0 saturated carbocycles. The number of carbonyl (C=O) groups excluding carboxylic acids is 2. The Bertz CT molecular complexity index is 825. The summed E-state index contributed by atoms with van der Waals surface area (Å²) in [6, 6.07) is 10.8. The van der Waals surface area contributed by atoms with Crippen molar-refractivity contribution in [2.75, 3.05) is 6.54 Å². The lowest BCUT2D eigenvalue weighted by Gasteiger charge is -2.35. The Morgan fingerprint density at radius 2 is 2.08 bits per heavy atom. The first-order chi connectivity index (χ1) is 12.0. The zero-order valence-electron chi connectivity index (χ0n) is 13.8. The summed E-state index contributed by atoms with van der Waals surface area (Å²) in [5, 5.41) is 3.07. The van der Waals surface area contributed by atoms with E-state index in [1.165, 1.54) is 18.2 Å². The Hall–Kier alpha value is -2.40. The molecule has 3 rings (SSSR count). The number of nitrogens with zero attached hydrogens (tertiary/aromatic N) is 1. The number of hydrogen-bond donors (Lipinski definition) is 1. The number of amides is 2. The largest absolute Gasteiger partial charge is 0.350 e. The molecule has 0 aromatic heterocycles. The first kappa shape index (κ1) is 17.4. The summed E-state index contributed by atoms with van der Waals surface area (Å²) in [6.07, 6.45) is 0.303. The lowest BCUT2D eigenvalue weighted by Crippen LogP contribution is -2.47. The number of hydrogen-bond acceptors (Lipinski definition) is 2. The zero-order chi connectivity index (χ0) is 18.0. The molecular formula is C19H18ClFN2O2. The molecule has 2 aromatic carbocycles. The summed E-state index contributed by atoms with van der Waals surface area (Å²) in [6.45, 7) is 2.47. The van der Waals surface area contributed by atoms with Crippen LogP contribution in [-0.2, 0) is 22.6 Å². The molecule has 0 aliphatic carbocycles. The normalized spacial score (nSPS) is 16.5. The number of nitrogens with one attached hydrogen (secondary N) is 1. The summed E-state index contributed by atoms with van der Waals surface area (Å²) in [5.41, 5.74) is 2.33. The van der Waals surface area contributed by atoms with Crippen molar-refractivity contribution in [1.82, 2.24) is 10.2 Å². The zero-order valence-corrected chi connectivity index (χ0v) is 14.5. The van der Waals surface area contributed by atoms with Gasteiger partial charge in [0, 0.05) is 18.1 Å². The van der Waals surface area contributed by atoms with Crippen molar-refractivity contribution in [1.29, 1.82) is 0 Å². The summed E-state index contributed by atoms with van der Waals surface area (Å²) in [5.74, 6) is -0.770. The van der Waals surface area contributed by atoms with Crippen molar-refractivity contribution in [3.63, 3.8) is 0 Å². The number of fused-ring (bicyclic) bond motifs is 1. The lowest BCUT2D eigenvalue weighted by atomic mass is 9.91. The second-order valence-corrected chi connectivity index (χ2v) is 6.32. The minimum absolute atomic E-state index is 0.0684. The van der Waals surface area contributed by atoms with Crippen LogP contribution in [0.4, 0.5) is 4.39 Å². The number of likely N-dealkylation sites (N-methyl/N-ethyl adjacent to an activating group) is 1. The number of benzene rings is 2. The maximum Gasteiger partial charge on any atom is 0.247 e. The highest BCUT2D eigenvalue weighted by molar-refractivity contribution is 6.31. The minimum atomic E-state index is -0.665. The fraction of sp³-hybridized carbons (Fsp3) is 0.263. The van der Waals surface area contributed by atoms with E-state index >= 15 is 0 Å². The van der Waals surface area contributed by atoms with Gasteiger partial charge in [0.25, 0.3) is 0 Å². The molecule has 4 nitrogen and oxygen atoms in total. The van der Waals surface area contributed by atoms with Gasteiger partial charge in [0.15, 0.2) is 0 Å². The maximum absolute atomic E-state index is 13.1. The van der Waals surface area contributed by atoms with Gasteiger partial charge in [0.2, 0.25) is 11.8 Å². The van der Waals surface area contributed by atoms with Crippen molar-refractivity contribution in [2.24, 2.45) is 0 Å². The monoisotopic (exact) mass is 360 g/mol. The van der Waals surface area contributed by atoms with Crippen LogP contribution in [-0.4, -0.2) is 23.3 Å². The molecule has 2 aromatic rings. The number of halogens is 2. The summed E-state index contributed by atoms with van der Waals surface area (Å²) < 4.78 is 13.1. The number of carbonyl (C=O) groups is 2. The van der Waals surface area contributed by atoms with E-state index in [0.717, 1.165) is 11.1 Å². The molecular weight excluding hydrogens is 343 g/mol. The van der Waals surface area contributed by atoms with Crippen LogP contribution in [0.25, 0.3) is 0 Å². The molecule has 2 amide bonds. The Labute approximate surface area is 150 Å². The van der Waals surface area contributed by atoms with Crippen LogP contribution in [0.2, 0.25) is 5.02 Å². The predicted octanol–water partition coefficient (Wildman–Crippen LogP) is 3.24. The molecule has 1 atom stereocenters. The Morgan fingerprint density at radius 1 is 1.32 bits per heavy atom. The highest BCUT2D eigenvalue weighted by Crippen LogP contribution is 2.30. The predicted molar refractivity (Wildman–Crippen MR) is 93.5 cm³/mol. The van der Waals surface area contributed by atoms with E-state index in [9.17, 15) is 14.0 Å². The average molecular weight is 361 g/mol. The SMILES string of the molecule is CCN1C(=O)Cc2ccccc2[C@@H]1C(=O)NCc1ccc(F)cc1Cl. The molecule has 0 bridgehead atoms. The molecule has 25 heavy (non-hydrogen) atoms. The highest BCUT2D eigenvalue weighted by Gasteiger charge is 2.35. The van der Waals surface area contributed by atoms with Gasteiger partial charge < -0.3 is 10.2 Å². The van der Waals surface area contributed by atoms with E-state index in [4.69, 9.17) is 11.6 Å². The topological polar surface area (TPSA) is 49.4 Å². The van der Waals surface area contributed by atoms with Crippen LogP contribution >= 0.6 is 11.6 Å². The lowest BCUT2D eigenvalue weighted by molar-refractivity contribution is -0.141. The fourth-order valence-electron chi connectivity index (χ4n) is 3.12. The van der Waals surface area contributed by atoms with E-state index in [2.05, 4.69) is 5.32 Å². The molecule has 1 heterocycles. The minimum Gasteiger partial charge on any atom is -0.350 e. The van der Waals surface area contributed by atoms with Gasteiger partial charge >= 0.3 is 0 Å². The first-order valence-corrected chi connectivity index (χ1v) is 8.48. The van der Waals surface area contributed by atoms with E-state index < -0.39 is 11.9 Å². The molecule has 1 aliphatic heterocycles. The smallest absolute Gasteiger partial charge is 0.247 e. The third-order valence-corrected chi connectivity index (χ3v) is 4.73. The van der Waals surface area contributed by atoms with Crippen LogP contribution in [0, 0.1) is 5.82 Å². The Balaban J connectivity index is 1.83. The molecule has 6 heteroatoms. The molecule has 0 radical (unpaired) electrons. The van der Waals surface area contributed by atoms with Gasteiger partial charge in [0.1, 0.15) is 11.9 Å². The standard InChI is InChI=1S/C19H18ClFN2O2/c1-2-23-17(24)9-12-5-3-4-6-15(12)18(23)19(25)22-11-13-7-8-14(21)10-16(13)20/h3-8,10,18H,2,9,11H2,1H3,(H,22,25)/t18-/m1/s1. The van der Waals surface area contributed by atoms with Crippen LogP contribution in [0.1, 0.15) is 29.7 Å². The molecule has 0 unspecified atom stereocenters. The van der Waals surface area contributed by atoms with Gasteiger partial charge in [-0.1, -0.05) is 41.9 Å². The van der Waals surface area contributed by atoms with Crippen LogP contribution in [0.15, 0.2) is 42.5 Å². The first-order valence-electron chi connectivity index (χ1n) is 8.10. The van der Waals surface area contributed by atoms with Crippen LogP contribution in [0.5, 0.6) is 0 Å². The average Bonchev–Trinajstić information content (AvgIpc) is 2.59. The molecule has 1 N–H and O–H groups in total. The van der Waals surface area contributed by atoms with E-state index in [0.29, 0.717) is 18.5 Å². The molecule has 130 valence electrons. The van der Waals surface area contributed by atoms with Gasteiger partial charge in [-0.15, -0.1) is 0 Å². The third kappa shape index (κ3) is 3.51. The fourth-order valence-corrected chi connectivity index (χ4v) is 3.36. The van der Waals surface area contributed by atoms with Crippen molar-refractivity contribution in [3.05, 3.63) is 70.0 Å². The second-order valence-electron chi connectivity index (χ2n) is 5.91. The van der Waals surface area contributed by atoms with E-state index in [-0.39, 0.29) is 23.4 Å². The second kappa shape index (κ2) is 7.23. The van der Waals surface area contributed by atoms with Crippen LogP contribution < -0.4 is 5.32 Å². The van der Waals surface area contributed by atoms with Gasteiger partial charge in [-0.2, -0.15) is 0 Å². The molecule has 0 saturated heterocycles. The van der Waals surface area contributed by atoms with Crippen molar-refractivity contribution in [2.45, 2.75) is 25.9 Å². The van der Waals surface area contributed by atoms with Gasteiger partial charge in [-0.05, 0) is 35.7 Å². The summed E-state index contributed by atoms with van der Waals surface area (Å²) in [4.78, 5) is 26.7. The maximum atomic E-state index is 13.1. The van der Waals surface area contributed by atoms with Gasteiger partial charge in [0.05, 0.1) is 6.42 Å². The van der Waals surface area contributed by atoms with E-state index in [1.54, 1.807) is 4.90 Å². The summed E-state index contributed by atoms with van der Waals surface area (Å²) in [7, 11) is 0.